The SMILES string of the molecule is COC(=O)c1cc(C(=O)O)nc2nc(C(N)=O)nn12.COC(=O)c1ccc([C@@H](N)C(N)=O)cc1. The second-order valence-electron chi connectivity index (χ2n) is 6.33. The van der Waals surface area contributed by atoms with Gasteiger partial charge in [-0.15, -0.1) is 5.10 Å². The highest BCUT2D eigenvalue weighted by Crippen LogP contribution is 2.12. The molecule has 15 nitrogen and oxygen atoms in total. The molecule has 2 aromatic heterocycles. The van der Waals surface area contributed by atoms with Crippen LogP contribution in [0.15, 0.2) is 30.3 Å². The number of carboxylic acids is 1. The molecule has 7 N–H and O–H groups in total. The Kier molecular flexibility index (Phi) is 7.90. The monoisotopic (exact) mass is 473 g/mol. The van der Waals surface area contributed by atoms with Crippen molar-refractivity contribution >= 4 is 35.5 Å². The van der Waals surface area contributed by atoms with Crippen LogP contribution in [0.1, 0.15) is 53.6 Å². The van der Waals surface area contributed by atoms with Crippen molar-refractivity contribution < 1.29 is 38.6 Å². The highest BCUT2D eigenvalue weighted by atomic mass is 16.5. The van der Waals surface area contributed by atoms with Gasteiger partial charge in [0.25, 0.3) is 11.7 Å². The van der Waals surface area contributed by atoms with Crippen LogP contribution in [0.5, 0.6) is 0 Å². The van der Waals surface area contributed by atoms with E-state index in [1.54, 1.807) is 12.1 Å². The van der Waals surface area contributed by atoms with E-state index in [1.807, 2.05) is 0 Å². The molecule has 0 bridgehead atoms. The number of aromatic nitrogens is 4. The van der Waals surface area contributed by atoms with Crippen LogP contribution in [0, 0.1) is 0 Å². The quantitative estimate of drug-likeness (QED) is 0.304. The zero-order valence-corrected chi connectivity index (χ0v) is 17.8. The number of carboxylic acid groups (broad SMARTS) is 1. The van der Waals surface area contributed by atoms with Crippen LogP contribution in [-0.4, -0.2) is 68.6 Å². The first-order valence-electron chi connectivity index (χ1n) is 9.12. The molecular weight excluding hydrogens is 454 g/mol. The van der Waals surface area contributed by atoms with Crippen LogP contribution in [0.3, 0.4) is 0 Å². The fourth-order valence-corrected chi connectivity index (χ4v) is 2.44. The van der Waals surface area contributed by atoms with Gasteiger partial charge in [-0.05, 0) is 17.7 Å². The number of carbonyl (C=O) groups excluding carboxylic acids is 4. The maximum absolute atomic E-state index is 11.5. The maximum Gasteiger partial charge on any atom is 0.356 e. The minimum absolute atomic E-state index is 0.232. The molecule has 0 saturated carbocycles. The lowest BCUT2D eigenvalue weighted by molar-refractivity contribution is -0.119. The molecule has 1 atom stereocenters. The van der Waals surface area contributed by atoms with Crippen LogP contribution >= 0.6 is 0 Å². The second kappa shape index (κ2) is 10.6. The van der Waals surface area contributed by atoms with Gasteiger partial charge in [0.15, 0.2) is 11.4 Å². The predicted molar refractivity (Wildman–Crippen MR) is 112 cm³/mol. The average Bonchev–Trinajstić information content (AvgIpc) is 3.27. The van der Waals surface area contributed by atoms with Crippen molar-refractivity contribution in [2.24, 2.45) is 17.2 Å². The van der Waals surface area contributed by atoms with Crippen molar-refractivity contribution in [2.75, 3.05) is 14.2 Å². The van der Waals surface area contributed by atoms with Crippen molar-refractivity contribution in [1.29, 1.82) is 0 Å². The van der Waals surface area contributed by atoms with Crippen molar-refractivity contribution in [2.45, 2.75) is 6.04 Å². The first-order chi connectivity index (χ1) is 16.0. The number of benzene rings is 1. The third-order valence-corrected chi connectivity index (χ3v) is 4.14. The summed E-state index contributed by atoms with van der Waals surface area (Å²) in [6.07, 6.45) is 0. The molecular formula is C19H19N7O8. The smallest absolute Gasteiger partial charge is 0.356 e. The van der Waals surface area contributed by atoms with E-state index < -0.39 is 41.5 Å². The lowest BCUT2D eigenvalue weighted by atomic mass is 10.1. The van der Waals surface area contributed by atoms with E-state index in [4.69, 9.17) is 22.3 Å². The Hall–Kier alpha value is -4.92. The van der Waals surface area contributed by atoms with E-state index in [0.717, 1.165) is 17.7 Å². The molecule has 0 saturated heterocycles. The summed E-state index contributed by atoms with van der Waals surface area (Å²) < 4.78 is 9.89. The van der Waals surface area contributed by atoms with E-state index in [-0.39, 0.29) is 17.3 Å². The van der Waals surface area contributed by atoms with E-state index >= 15 is 0 Å². The van der Waals surface area contributed by atoms with Crippen LogP contribution in [0.4, 0.5) is 0 Å². The Morgan fingerprint density at radius 2 is 1.56 bits per heavy atom. The zero-order chi connectivity index (χ0) is 25.6. The van der Waals surface area contributed by atoms with Gasteiger partial charge in [-0.1, -0.05) is 12.1 Å². The number of aromatic carboxylic acids is 1. The number of amides is 2. The lowest BCUT2D eigenvalue weighted by Crippen LogP contribution is -2.28. The zero-order valence-electron chi connectivity index (χ0n) is 17.8. The van der Waals surface area contributed by atoms with Crippen molar-refractivity contribution in [3.63, 3.8) is 0 Å². The third-order valence-electron chi connectivity index (χ3n) is 4.14. The summed E-state index contributed by atoms with van der Waals surface area (Å²) >= 11 is 0. The Labute approximate surface area is 190 Å². The lowest BCUT2D eigenvalue weighted by Gasteiger charge is -2.07. The van der Waals surface area contributed by atoms with Gasteiger partial charge >= 0.3 is 17.9 Å². The molecule has 1 aromatic carbocycles. The fraction of sp³-hybridized carbons (Fsp3) is 0.158. The van der Waals surface area contributed by atoms with Crippen molar-refractivity contribution in [3.05, 3.63) is 58.7 Å². The summed E-state index contributed by atoms with van der Waals surface area (Å²) in [6.45, 7) is 0. The number of carbonyl (C=O) groups is 5. The van der Waals surface area contributed by atoms with Gasteiger partial charge < -0.3 is 31.8 Å². The van der Waals surface area contributed by atoms with Gasteiger partial charge in [-0.2, -0.15) is 9.50 Å². The van der Waals surface area contributed by atoms with E-state index in [1.165, 1.54) is 19.2 Å². The van der Waals surface area contributed by atoms with E-state index in [9.17, 15) is 24.0 Å². The maximum atomic E-state index is 11.5. The summed E-state index contributed by atoms with van der Waals surface area (Å²) in [5, 5.41) is 12.5. The van der Waals surface area contributed by atoms with Gasteiger partial charge in [0, 0.05) is 6.07 Å². The number of primary amides is 2. The molecule has 0 aliphatic carbocycles. The standard InChI is InChI=1S/C10H12N2O3.C9H7N5O5/c1-15-10(14)7-4-2-6(3-5-7)8(11)9(12)13;1-19-8(18)4-2-3(7(16)17)11-9-12-6(5(10)15)13-14(4)9/h2-5,8H,11H2,1H3,(H2,12,13);2H,1H3,(H2,10,15)(H,16,17)/t8-;/m1./s1. The third kappa shape index (κ3) is 5.65. The van der Waals surface area contributed by atoms with Crippen molar-refractivity contribution in [1.82, 2.24) is 19.6 Å². The van der Waals surface area contributed by atoms with Crippen LogP contribution in [-0.2, 0) is 14.3 Å². The summed E-state index contributed by atoms with van der Waals surface area (Å²) in [5.74, 6) is -4.82. The predicted octanol–water partition coefficient (Wildman–Crippen LogP) is -1.33. The molecule has 3 aromatic rings. The Balaban J connectivity index is 0.000000248. The van der Waals surface area contributed by atoms with Crippen molar-refractivity contribution in [3.8, 4) is 0 Å². The van der Waals surface area contributed by atoms with Gasteiger partial charge in [-0.25, -0.2) is 19.4 Å². The highest BCUT2D eigenvalue weighted by Gasteiger charge is 2.21. The Morgan fingerprint density at radius 3 is 2.03 bits per heavy atom. The summed E-state index contributed by atoms with van der Waals surface area (Å²) in [5.41, 5.74) is 15.8. The Morgan fingerprint density at radius 1 is 0.971 bits per heavy atom. The number of esters is 2. The van der Waals surface area contributed by atoms with Gasteiger partial charge in [-0.3, -0.25) is 9.59 Å². The molecule has 0 fully saturated rings. The number of nitrogens with two attached hydrogens (primary N) is 3. The summed E-state index contributed by atoms with van der Waals surface area (Å²) in [7, 11) is 2.41. The minimum Gasteiger partial charge on any atom is -0.477 e. The van der Waals surface area contributed by atoms with Gasteiger partial charge in [0.05, 0.1) is 19.8 Å². The van der Waals surface area contributed by atoms with Gasteiger partial charge in [0.1, 0.15) is 6.04 Å². The molecule has 2 amide bonds. The molecule has 34 heavy (non-hydrogen) atoms. The largest absolute Gasteiger partial charge is 0.477 e. The van der Waals surface area contributed by atoms with E-state index in [0.29, 0.717) is 11.1 Å². The first-order valence-corrected chi connectivity index (χ1v) is 9.12. The number of methoxy groups -OCH3 is 2. The molecule has 0 unspecified atom stereocenters. The summed E-state index contributed by atoms with van der Waals surface area (Å²) in [4.78, 5) is 62.5. The van der Waals surface area contributed by atoms with E-state index in [2.05, 4.69) is 24.5 Å². The van der Waals surface area contributed by atoms with Crippen LogP contribution < -0.4 is 17.2 Å². The van der Waals surface area contributed by atoms with Gasteiger partial charge in [0.2, 0.25) is 11.7 Å². The number of ether oxygens (including phenoxy) is 2. The Bertz CT molecular complexity index is 1270. The summed E-state index contributed by atoms with van der Waals surface area (Å²) in [6, 6.07) is 6.31. The topological polar surface area (TPSA) is 245 Å². The molecule has 0 radical (unpaired) electrons. The number of nitrogens with zero attached hydrogens (tertiary/aromatic N) is 4. The molecule has 0 spiro atoms. The number of hydrogen-bond acceptors (Lipinski definition) is 11. The highest BCUT2D eigenvalue weighted by molar-refractivity contribution is 5.94. The first kappa shape index (κ1) is 25.3. The van der Waals surface area contributed by atoms with Crippen LogP contribution in [0.2, 0.25) is 0 Å². The fourth-order valence-electron chi connectivity index (χ4n) is 2.44. The molecule has 3 rings (SSSR count). The average molecular weight is 473 g/mol. The minimum atomic E-state index is -1.36. The molecule has 15 heteroatoms. The molecule has 0 aliphatic rings. The normalized spacial score (nSPS) is 11.0. The van der Waals surface area contributed by atoms with Crippen LogP contribution in [0.25, 0.3) is 5.78 Å². The number of rotatable bonds is 6. The molecule has 178 valence electrons. The number of fused-ring (bicyclic) bond motifs is 1. The number of hydrogen-bond donors (Lipinski definition) is 4. The second-order valence-corrected chi connectivity index (χ2v) is 6.33. The molecule has 2 heterocycles. The molecule has 0 aliphatic heterocycles.